The van der Waals surface area contributed by atoms with Crippen LogP contribution in [0.4, 0.5) is 5.69 Å². The number of hydrogen-bond acceptors (Lipinski definition) is 4. The van der Waals surface area contributed by atoms with E-state index in [-0.39, 0.29) is 5.91 Å². The topological polar surface area (TPSA) is 61.8 Å². The Morgan fingerprint density at radius 1 is 1.35 bits per heavy atom. The first kappa shape index (κ1) is 11.4. The van der Waals surface area contributed by atoms with Gasteiger partial charge in [0.2, 0.25) is 12.0 Å². The number of isocyanates is 1. The number of nitrogens with zero attached hydrogens (tertiary/aromatic N) is 2. The van der Waals surface area contributed by atoms with Crippen molar-refractivity contribution < 1.29 is 9.59 Å². The minimum absolute atomic E-state index is 0.0471. The Morgan fingerprint density at radius 3 is 2.76 bits per heavy atom. The second-order valence-electron chi connectivity index (χ2n) is 3.85. The zero-order chi connectivity index (χ0) is 12.1. The molecule has 17 heavy (non-hydrogen) atoms. The summed E-state index contributed by atoms with van der Waals surface area (Å²) in [5.41, 5.74) is 1.97. The van der Waals surface area contributed by atoms with E-state index in [9.17, 15) is 9.59 Å². The van der Waals surface area contributed by atoms with Crippen LogP contribution in [0.2, 0.25) is 0 Å². The lowest BCUT2D eigenvalue weighted by Crippen LogP contribution is -2.47. The van der Waals surface area contributed by atoms with Gasteiger partial charge in [0, 0.05) is 18.8 Å². The van der Waals surface area contributed by atoms with Gasteiger partial charge in [-0.3, -0.25) is 4.79 Å². The molecular weight excluding hydrogens is 218 g/mol. The largest absolute Gasteiger partial charge is 0.360 e. The van der Waals surface area contributed by atoms with E-state index in [0.29, 0.717) is 19.6 Å². The molecule has 0 saturated carbocycles. The molecule has 1 saturated heterocycles. The summed E-state index contributed by atoms with van der Waals surface area (Å²) in [4.78, 5) is 26.8. The smallest absolute Gasteiger partial charge is 0.239 e. The van der Waals surface area contributed by atoms with E-state index >= 15 is 0 Å². The van der Waals surface area contributed by atoms with E-state index in [1.807, 2.05) is 29.2 Å². The third-order valence-corrected chi connectivity index (χ3v) is 2.67. The summed E-state index contributed by atoms with van der Waals surface area (Å²) in [6, 6.07) is 7.69. The molecule has 1 aromatic carbocycles. The van der Waals surface area contributed by atoms with Crippen LogP contribution in [0.1, 0.15) is 5.56 Å². The van der Waals surface area contributed by atoms with Gasteiger partial charge >= 0.3 is 0 Å². The van der Waals surface area contributed by atoms with Gasteiger partial charge in [-0.05, 0) is 17.7 Å². The van der Waals surface area contributed by atoms with Crippen molar-refractivity contribution in [3.05, 3.63) is 29.8 Å². The van der Waals surface area contributed by atoms with Crippen molar-refractivity contribution in [2.45, 2.75) is 6.54 Å². The Labute approximate surface area is 99.1 Å². The molecule has 1 aromatic rings. The highest BCUT2D eigenvalue weighted by atomic mass is 16.2. The molecule has 1 aliphatic heterocycles. The molecule has 0 bridgehead atoms. The van der Waals surface area contributed by atoms with Gasteiger partial charge in [-0.1, -0.05) is 12.1 Å². The molecule has 1 N–H and O–H groups in total. The van der Waals surface area contributed by atoms with E-state index in [1.54, 1.807) is 0 Å². The zero-order valence-corrected chi connectivity index (χ0v) is 9.35. The Hall–Kier alpha value is -2.13. The van der Waals surface area contributed by atoms with Gasteiger partial charge < -0.3 is 10.2 Å². The molecule has 5 heteroatoms. The highest BCUT2D eigenvalue weighted by molar-refractivity contribution is 5.82. The summed E-state index contributed by atoms with van der Waals surface area (Å²) in [5.74, 6) is 0.0471. The highest BCUT2D eigenvalue weighted by Crippen LogP contribution is 2.16. The molecule has 0 aliphatic carbocycles. The van der Waals surface area contributed by atoms with Gasteiger partial charge in [0.25, 0.3) is 0 Å². The lowest BCUT2D eigenvalue weighted by Gasteiger charge is -2.28. The SMILES string of the molecule is O=C=NCc1ccc(N2CCNC(=O)C2)cc1. The highest BCUT2D eigenvalue weighted by Gasteiger charge is 2.15. The quantitative estimate of drug-likeness (QED) is 0.607. The Bertz CT molecular complexity index is 449. The van der Waals surface area contributed by atoms with Crippen molar-refractivity contribution in [3.63, 3.8) is 0 Å². The summed E-state index contributed by atoms with van der Waals surface area (Å²) in [5, 5.41) is 2.78. The van der Waals surface area contributed by atoms with Crippen LogP contribution in [-0.2, 0) is 16.1 Å². The first-order valence-corrected chi connectivity index (χ1v) is 5.44. The maximum atomic E-state index is 11.2. The van der Waals surface area contributed by atoms with Gasteiger partial charge in [-0.15, -0.1) is 0 Å². The molecule has 0 spiro atoms. The Morgan fingerprint density at radius 2 is 2.12 bits per heavy atom. The van der Waals surface area contributed by atoms with Gasteiger partial charge in [-0.2, -0.15) is 0 Å². The fraction of sp³-hybridized carbons (Fsp3) is 0.333. The number of hydrogen-bond donors (Lipinski definition) is 1. The normalized spacial score (nSPS) is 15.1. The summed E-state index contributed by atoms with van der Waals surface area (Å²) in [6.07, 6.45) is 1.51. The predicted octanol–water partition coefficient (Wildman–Crippen LogP) is 0.459. The molecule has 0 unspecified atom stereocenters. The van der Waals surface area contributed by atoms with Crippen LogP contribution in [0.25, 0.3) is 0 Å². The number of aliphatic imine (C=N–C) groups is 1. The molecule has 1 amide bonds. The fourth-order valence-electron chi connectivity index (χ4n) is 1.79. The van der Waals surface area contributed by atoms with E-state index in [1.165, 1.54) is 6.08 Å². The third kappa shape index (κ3) is 2.92. The Balaban J connectivity index is 2.06. The predicted molar refractivity (Wildman–Crippen MR) is 63.5 cm³/mol. The van der Waals surface area contributed by atoms with Crippen LogP contribution < -0.4 is 10.2 Å². The van der Waals surface area contributed by atoms with Crippen molar-refractivity contribution >= 4 is 17.7 Å². The monoisotopic (exact) mass is 231 g/mol. The van der Waals surface area contributed by atoms with E-state index in [0.717, 1.165) is 17.8 Å². The van der Waals surface area contributed by atoms with E-state index in [2.05, 4.69) is 10.3 Å². The van der Waals surface area contributed by atoms with Crippen LogP contribution >= 0.6 is 0 Å². The number of piperazine rings is 1. The molecule has 0 aromatic heterocycles. The van der Waals surface area contributed by atoms with Crippen LogP contribution in [0.5, 0.6) is 0 Å². The van der Waals surface area contributed by atoms with Crippen molar-refractivity contribution in [2.24, 2.45) is 4.99 Å². The van der Waals surface area contributed by atoms with Crippen LogP contribution in [0, 0.1) is 0 Å². The minimum Gasteiger partial charge on any atom is -0.360 e. The minimum atomic E-state index is 0.0471. The molecule has 1 heterocycles. The van der Waals surface area contributed by atoms with Gasteiger partial charge in [-0.25, -0.2) is 9.79 Å². The maximum absolute atomic E-state index is 11.2. The second-order valence-corrected chi connectivity index (χ2v) is 3.85. The molecule has 0 radical (unpaired) electrons. The van der Waals surface area contributed by atoms with Crippen molar-refractivity contribution in [3.8, 4) is 0 Å². The molecule has 5 nitrogen and oxygen atoms in total. The molecular formula is C12H13N3O2. The molecule has 0 atom stereocenters. The summed E-state index contributed by atoms with van der Waals surface area (Å²) >= 11 is 0. The number of anilines is 1. The second kappa shape index (κ2) is 5.27. The number of benzene rings is 1. The lowest BCUT2D eigenvalue weighted by atomic mass is 10.2. The first-order valence-electron chi connectivity index (χ1n) is 5.44. The van der Waals surface area contributed by atoms with E-state index in [4.69, 9.17) is 0 Å². The van der Waals surface area contributed by atoms with Gasteiger partial charge in [0.1, 0.15) is 0 Å². The van der Waals surface area contributed by atoms with Crippen molar-refractivity contribution in [2.75, 3.05) is 24.5 Å². The third-order valence-electron chi connectivity index (χ3n) is 2.67. The number of carbonyl (C=O) groups is 1. The van der Waals surface area contributed by atoms with Gasteiger partial charge in [0.15, 0.2) is 0 Å². The zero-order valence-electron chi connectivity index (χ0n) is 9.35. The van der Waals surface area contributed by atoms with Crippen LogP contribution in [0.3, 0.4) is 0 Å². The van der Waals surface area contributed by atoms with Crippen molar-refractivity contribution in [1.82, 2.24) is 5.32 Å². The summed E-state index contributed by atoms with van der Waals surface area (Å²) < 4.78 is 0. The average Bonchev–Trinajstić information content (AvgIpc) is 2.37. The fourth-order valence-corrected chi connectivity index (χ4v) is 1.79. The number of carbonyl (C=O) groups excluding carboxylic acids is 2. The van der Waals surface area contributed by atoms with Crippen molar-refractivity contribution in [1.29, 1.82) is 0 Å². The summed E-state index contributed by atoms with van der Waals surface area (Å²) in [7, 11) is 0. The number of nitrogens with one attached hydrogen (secondary N) is 1. The first-order chi connectivity index (χ1) is 8.29. The Kier molecular flexibility index (Phi) is 3.52. The maximum Gasteiger partial charge on any atom is 0.239 e. The standard InChI is InChI=1S/C12H13N3O2/c16-9-13-7-10-1-3-11(4-2-10)15-6-5-14-12(17)8-15/h1-4H,5-8H2,(H,14,17). The lowest BCUT2D eigenvalue weighted by molar-refractivity contribution is -0.120. The van der Waals surface area contributed by atoms with E-state index < -0.39 is 0 Å². The van der Waals surface area contributed by atoms with Gasteiger partial charge in [0.05, 0.1) is 13.1 Å². The van der Waals surface area contributed by atoms with Crippen LogP contribution in [-0.4, -0.2) is 31.6 Å². The molecule has 2 rings (SSSR count). The molecule has 88 valence electrons. The summed E-state index contributed by atoms with van der Waals surface area (Å²) in [6.45, 7) is 2.24. The number of amides is 1. The average molecular weight is 231 g/mol. The number of rotatable bonds is 3. The molecule has 1 aliphatic rings. The van der Waals surface area contributed by atoms with Crippen LogP contribution in [0.15, 0.2) is 29.3 Å². The molecule has 1 fully saturated rings.